The summed E-state index contributed by atoms with van der Waals surface area (Å²) in [5.74, 6) is 0. The molecule has 16 heavy (non-hydrogen) atoms. The molecule has 1 aromatic heterocycles. The first kappa shape index (κ1) is 11.6. The van der Waals surface area contributed by atoms with Gasteiger partial charge in [-0.1, -0.05) is 6.92 Å². The minimum absolute atomic E-state index is 0.394. The van der Waals surface area contributed by atoms with Crippen molar-refractivity contribution in [2.75, 3.05) is 0 Å². The highest BCUT2D eigenvalue weighted by molar-refractivity contribution is 7.10. The molecule has 1 heterocycles. The number of rotatable bonds is 3. The lowest BCUT2D eigenvalue weighted by molar-refractivity contribution is 0.326. The average molecular weight is 234 g/mol. The Morgan fingerprint density at radius 2 is 2.50 bits per heavy atom. The van der Waals surface area contributed by atoms with E-state index in [2.05, 4.69) is 36.7 Å². The number of fused-ring (bicyclic) bond motifs is 1. The summed E-state index contributed by atoms with van der Waals surface area (Å²) in [6.45, 7) is 4.31. The second kappa shape index (κ2) is 4.57. The molecule has 0 saturated heterocycles. The van der Waals surface area contributed by atoms with E-state index in [0.717, 1.165) is 25.7 Å². The zero-order valence-electron chi connectivity index (χ0n) is 9.92. The summed E-state index contributed by atoms with van der Waals surface area (Å²) in [6, 6.07) is 5.04. The number of nitrogens with one attached hydrogen (secondary N) is 1. The largest absolute Gasteiger partial charge is 0.293 e. The van der Waals surface area contributed by atoms with Crippen molar-refractivity contribution < 1.29 is 0 Å². The van der Waals surface area contributed by atoms with Crippen LogP contribution >= 0.6 is 11.3 Å². The van der Waals surface area contributed by atoms with Crippen LogP contribution in [0.3, 0.4) is 0 Å². The van der Waals surface area contributed by atoms with Crippen LogP contribution in [-0.4, -0.2) is 6.04 Å². The van der Waals surface area contributed by atoms with E-state index < -0.39 is 5.54 Å². The number of nitriles is 1. The quantitative estimate of drug-likeness (QED) is 0.872. The molecule has 0 saturated carbocycles. The maximum absolute atomic E-state index is 9.54. The molecule has 0 spiro atoms. The highest BCUT2D eigenvalue weighted by atomic mass is 32.1. The van der Waals surface area contributed by atoms with Crippen LogP contribution in [0, 0.1) is 11.3 Å². The molecule has 0 aliphatic heterocycles. The molecule has 2 nitrogen and oxygen atoms in total. The van der Waals surface area contributed by atoms with E-state index >= 15 is 0 Å². The molecule has 1 N–H and O–H groups in total. The topological polar surface area (TPSA) is 35.8 Å². The number of thiophene rings is 1. The van der Waals surface area contributed by atoms with Crippen molar-refractivity contribution in [3.8, 4) is 6.07 Å². The van der Waals surface area contributed by atoms with Crippen LogP contribution in [0.1, 0.15) is 43.6 Å². The average Bonchev–Trinajstić information content (AvgIpc) is 2.78. The van der Waals surface area contributed by atoms with Crippen molar-refractivity contribution in [2.24, 2.45) is 0 Å². The summed E-state index contributed by atoms with van der Waals surface area (Å²) in [7, 11) is 0. The molecule has 2 rings (SSSR count). The van der Waals surface area contributed by atoms with Gasteiger partial charge in [0.2, 0.25) is 0 Å². The Hall–Kier alpha value is -0.850. The Kier molecular flexibility index (Phi) is 3.32. The Morgan fingerprint density at radius 3 is 3.19 bits per heavy atom. The normalized spacial score (nSPS) is 25.8. The number of hydrogen-bond donors (Lipinski definition) is 1. The van der Waals surface area contributed by atoms with Gasteiger partial charge in [0.1, 0.15) is 5.54 Å². The smallest absolute Gasteiger partial charge is 0.133 e. The van der Waals surface area contributed by atoms with Gasteiger partial charge >= 0.3 is 0 Å². The van der Waals surface area contributed by atoms with Crippen LogP contribution in [0.15, 0.2) is 11.4 Å². The number of nitrogens with zero attached hydrogens (tertiary/aromatic N) is 1. The van der Waals surface area contributed by atoms with E-state index in [1.807, 2.05) is 0 Å². The molecule has 0 aromatic carbocycles. The van der Waals surface area contributed by atoms with Crippen LogP contribution < -0.4 is 5.32 Å². The first-order valence-corrected chi connectivity index (χ1v) is 6.85. The van der Waals surface area contributed by atoms with Crippen LogP contribution in [0.4, 0.5) is 0 Å². The fourth-order valence-corrected chi connectivity index (χ4v) is 3.38. The Labute approximate surface area is 101 Å². The summed E-state index contributed by atoms with van der Waals surface area (Å²) >= 11 is 1.79. The first-order valence-electron chi connectivity index (χ1n) is 5.97. The zero-order valence-corrected chi connectivity index (χ0v) is 10.7. The standard InChI is InChI=1S/C13H18N2S/c1-3-10(2)15-13(9-14)7-4-5-12-11(13)6-8-16-12/h6,8,10,15H,3-5,7H2,1-2H3. The molecule has 0 bridgehead atoms. The molecular weight excluding hydrogens is 216 g/mol. The van der Waals surface area contributed by atoms with Crippen LogP contribution in [0.2, 0.25) is 0 Å². The van der Waals surface area contributed by atoms with Gasteiger partial charge in [-0.15, -0.1) is 11.3 Å². The Morgan fingerprint density at radius 1 is 1.69 bits per heavy atom. The summed E-state index contributed by atoms with van der Waals surface area (Å²) < 4.78 is 0. The molecule has 1 aliphatic carbocycles. The molecule has 86 valence electrons. The molecule has 3 heteroatoms. The lowest BCUT2D eigenvalue weighted by atomic mass is 9.80. The lowest BCUT2D eigenvalue weighted by Crippen LogP contribution is -2.47. The van der Waals surface area contributed by atoms with Crippen LogP contribution in [0.25, 0.3) is 0 Å². The molecule has 1 aromatic rings. The van der Waals surface area contributed by atoms with E-state index in [-0.39, 0.29) is 0 Å². The maximum Gasteiger partial charge on any atom is 0.133 e. The van der Waals surface area contributed by atoms with E-state index in [1.54, 1.807) is 11.3 Å². The third-order valence-electron chi connectivity index (χ3n) is 3.46. The van der Waals surface area contributed by atoms with Gasteiger partial charge < -0.3 is 0 Å². The zero-order chi connectivity index (χ0) is 11.6. The van der Waals surface area contributed by atoms with E-state index in [4.69, 9.17) is 0 Å². The van der Waals surface area contributed by atoms with Gasteiger partial charge in [0, 0.05) is 16.5 Å². The van der Waals surface area contributed by atoms with Gasteiger partial charge in [0.15, 0.2) is 0 Å². The second-order valence-electron chi connectivity index (χ2n) is 4.58. The van der Waals surface area contributed by atoms with Gasteiger partial charge in [0.25, 0.3) is 0 Å². The monoisotopic (exact) mass is 234 g/mol. The third kappa shape index (κ3) is 1.88. The highest BCUT2D eigenvalue weighted by Crippen LogP contribution is 2.38. The maximum atomic E-state index is 9.54. The minimum atomic E-state index is -0.428. The van der Waals surface area contributed by atoms with E-state index in [9.17, 15) is 5.26 Å². The van der Waals surface area contributed by atoms with E-state index in [0.29, 0.717) is 6.04 Å². The summed E-state index contributed by atoms with van der Waals surface area (Å²) in [5.41, 5.74) is 0.801. The van der Waals surface area contributed by atoms with Gasteiger partial charge in [-0.3, -0.25) is 5.32 Å². The van der Waals surface area contributed by atoms with Crippen molar-refractivity contribution in [3.63, 3.8) is 0 Å². The minimum Gasteiger partial charge on any atom is -0.293 e. The first-order chi connectivity index (χ1) is 7.72. The van der Waals surface area contributed by atoms with Gasteiger partial charge in [0.05, 0.1) is 6.07 Å². The number of aryl methyl sites for hydroxylation is 1. The highest BCUT2D eigenvalue weighted by Gasteiger charge is 2.38. The molecular formula is C13H18N2S. The van der Waals surface area contributed by atoms with Crippen molar-refractivity contribution in [1.29, 1.82) is 5.26 Å². The van der Waals surface area contributed by atoms with Crippen molar-refractivity contribution in [2.45, 2.75) is 51.1 Å². The van der Waals surface area contributed by atoms with Crippen LogP contribution in [-0.2, 0) is 12.0 Å². The van der Waals surface area contributed by atoms with Crippen molar-refractivity contribution >= 4 is 11.3 Å². The predicted molar refractivity (Wildman–Crippen MR) is 67.4 cm³/mol. The number of hydrogen-bond acceptors (Lipinski definition) is 3. The molecule has 0 amide bonds. The molecule has 1 aliphatic rings. The lowest BCUT2D eigenvalue weighted by Gasteiger charge is -2.34. The van der Waals surface area contributed by atoms with Crippen molar-refractivity contribution in [3.05, 3.63) is 21.9 Å². The fraction of sp³-hybridized carbons (Fsp3) is 0.615. The molecule has 2 atom stereocenters. The summed E-state index contributed by atoms with van der Waals surface area (Å²) in [5, 5.41) is 15.2. The molecule has 0 radical (unpaired) electrons. The second-order valence-corrected chi connectivity index (χ2v) is 5.58. The molecule has 0 fully saturated rings. The Balaban J connectivity index is 2.34. The van der Waals surface area contributed by atoms with Gasteiger partial charge in [-0.2, -0.15) is 5.26 Å². The Bertz CT molecular complexity index is 404. The fourth-order valence-electron chi connectivity index (χ4n) is 2.38. The summed E-state index contributed by atoms with van der Waals surface area (Å²) in [4.78, 5) is 1.39. The van der Waals surface area contributed by atoms with Crippen LogP contribution in [0.5, 0.6) is 0 Å². The third-order valence-corrected chi connectivity index (χ3v) is 4.44. The van der Waals surface area contributed by atoms with E-state index in [1.165, 1.54) is 10.4 Å². The van der Waals surface area contributed by atoms with Gasteiger partial charge in [-0.25, -0.2) is 0 Å². The van der Waals surface area contributed by atoms with Crippen molar-refractivity contribution in [1.82, 2.24) is 5.32 Å². The SMILES string of the molecule is CCC(C)NC1(C#N)CCCc2sccc21. The predicted octanol–water partition coefficient (Wildman–Crippen LogP) is 3.19. The summed E-state index contributed by atoms with van der Waals surface area (Å²) in [6.07, 6.45) is 4.25. The van der Waals surface area contributed by atoms with Gasteiger partial charge in [-0.05, 0) is 44.1 Å². The molecule has 2 unspecified atom stereocenters.